The number of halogens is 5. The lowest BCUT2D eigenvalue weighted by molar-refractivity contribution is -0.174. The van der Waals surface area contributed by atoms with Crippen LogP contribution in [0.3, 0.4) is 0 Å². The van der Waals surface area contributed by atoms with Crippen LogP contribution in [-0.2, 0) is 4.79 Å². The SMILES string of the molecule is COc1ccc(C2CCN(c3cccc(F)n3)CC2NC(=O)C(F)(F)F)cc1F. The van der Waals surface area contributed by atoms with Crippen molar-refractivity contribution in [3.63, 3.8) is 0 Å². The minimum absolute atomic E-state index is 0.00558. The zero-order chi connectivity index (χ0) is 21.2. The van der Waals surface area contributed by atoms with Gasteiger partial charge in [0.15, 0.2) is 11.6 Å². The molecule has 1 N–H and O–H groups in total. The Balaban J connectivity index is 1.89. The van der Waals surface area contributed by atoms with Crippen LogP contribution in [0, 0.1) is 11.8 Å². The number of ether oxygens (including phenoxy) is 1. The topological polar surface area (TPSA) is 54.5 Å². The summed E-state index contributed by atoms with van der Waals surface area (Å²) in [5.41, 5.74) is 0.433. The number of anilines is 1. The first kappa shape index (κ1) is 20.8. The van der Waals surface area contributed by atoms with E-state index in [1.165, 1.54) is 31.4 Å². The summed E-state index contributed by atoms with van der Waals surface area (Å²) >= 11 is 0. The summed E-state index contributed by atoms with van der Waals surface area (Å²) in [5.74, 6) is -3.79. The first-order chi connectivity index (χ1) is 13.7. The molecule has 1 aromatic carbocycles. The van der Waals surface area contributed by atoms with Gasteiger partial charge in [0, 0.05) is 19.0 Å². The molecule has 0 aliphatic carbocycles. The fourth-order valence-electron chi connectivity index (χ4n) is 3.44. The second-order valence-corrected chi connectivity index (χ2v) is 6.63. The van der Waals surface area contributed by atoms with Gasteiger partial charge >= 0.3 is 12.1 Å². The van der Waals surface area contributed by atoms with Gasteiger partial charge in [-0.1, -0.05) is 12.1 Å². The predicted octanol–water partition coefficient (Wildman–Crippen LogP) is 3.41. The molecule has 1 fully saturated rings. The lowest BCUT2D eigenvalue weighted by Crippen LogP contribution is -2.54. The molecule has 29 heavy (non-hydrogen) atoms. The number of carbonyl (C=O) groups excluding carboxylic acids is 1. The lowest BCUT2D eigenvalue weighted by atomic mass is 9.85. The van der Waals surface area contributed by atoms with Crippen LogP contribution < -0.4 is 15.0 Å². The maximum Gasteiger partial charge on any atom is 0.471 e. The summed E-state index contributed by atoms with van der Waals surface area (Å²) in [6.07, 6.45) is -4.76. The molecule has 1 saturated heterocycles. The van der Waals surface area contributed by atoms with Crippen molar-refractivity contribution in [3.8, 4) is 5.75 Å². The second-order valence-electron chi connectivity index (χ2n) is 6.63. The van der Waals surface area contributed by atoms with Gasteiger partial charge in [0.25, 0.3) is 0 Å². The largest absolute Gasteiger partial charge is 0.494 e. The van der Waals surface area contributed by atoms with E-state index in [2.05, 4.69) is 4.98 Å². The molecule has 0 spiro atoms. The van der Waals surface area contributed by atoms with Crippen molar-refractivity contribution in [2.24, 2.45) is 0 Å². The number of amides is 1. The highest BCUT2D eigenvalue weighted by Crippen LogP contribution is 2.33. The molecule has 2 atom stereocenters. The third kappa shape index (κ3) is 4.75. The number of benzene rings is 1. The molecule has 2 unspecified atom stereocenters. The van der Waals surface area contributed by atoms with E-state index in [9.17, 15) is 26.7 Å². The summed E-state index contributed by atoms with van der Waals surface area (Å²) in [6, 6.07) is 7.25. The minimum Gasteiger partial charge on any atom is -0.494 e. The van der Waals surface area contributed by atoms with Crippen molar-refractivity contribution in [3.05, 3.63) is 53.7 Å². The number of nitrogens with one attached hydrogen (secondary N) is 1. The maximum absolute atomic E-state index is 14.1. The van der Waals surface area contributed by atoms with Gasteiger partial charge in [-0.3, -0.25) is 4.79 Å². The molecule has 1 aliphatic rings. The van der Waals surface area contributed by atoms with E-state index in [1.807, 2.05) is 5.32 Å². The molecule has 5 nitrogen and oxygen atoms in total. The Kier molecular flexibility index (Phi) is 5.90. The molecule has 10 heteroatoms. The zero-order valence-corrected chi connectivity index (χ0v) is 15.3. The highest BCUT2D eigenvalue weighted by atomic mass is 19.4. The van der Waals surface area contributed by atoms with Crippen molar-refractivity contribution in [2.45, 2.75) is 24.6 Å². The van der Waals surface area contributed by atoms with Gasteiger partial charge in [0.05, 0.1) is 13.2 Å². The van der Waals surface area contributed by atoms with Crippen molar-refractivity contribution in [1.82, 2.24) is 10.3 Å². The fraction of sp³-hybridized carbons (Fsp3) is 0.368. The Morgan fingerprint density at radius 2 is 2.00 bits per heavy atom. The highest BCUT2D eigenvalue weighted by molar-refractivity contribution is 5.82. The van der Waals surface area contributed by atoms with E-state index < -0.39 is 35.8 Å². The highest BCUT2D eigenvalue weighted by Gasteiger charge is 2.42. The smallest absolute Gasteiger partial charge is 0.471 e. The Labute approximate surface area is 163 Å². The number of aromatic nitrogens is 1. The molecule has 1 aliphatic heterocycles. The summed E-state index contributed by atoms with van der Waals surface area (Å²) in [4.78, 5) is 16.9. The number of piperidine rings is 1. The molecular weight excluding hydrogens is 397 g/mol. The van der Waals surface area contributed by atoms with Crippen LogP contribution in [0.15, 0.2) is 36.4 Å². The number of carbonyl (C=O) groups is 1. The molecule has 1 amide bonds. The maximum atomic E-state index is 14.1. The molecule has 0 saturated carbocycles. The van der Waals surface area contributed by atoms with E-state index >= 15 is 0 Å². The average Bonchev–Trinajstić information content (AvgIpc) is 2.67. The monoisotopic (exact) mass is 415 g/mol. The molecule has 156 valence electrons. The molecular formula is C19H18F5N3O2. The van der Waals surface area contributed by atoms with Gasteiger partial charge in [-0.05, 0) is 36.2 Å². The van der Waals surface area contributed by atoms with Crippen LogP contribution in [0.2, 0.25) is 0 Å². The summed E-state index contributed by atoms with van der Waals surface area (Å²) in [5, 5.41) is 1.99. The van der Waals surface area contributed by atoms with Crippen LogP contribution in [-0.4, -0.2) is 43.3 Å². The van der Waals surface area contributed by atoms with Crippen molar-refractivity contribution in [2.75, 3.05) is 25.1 Å². The molecule has 3 rings (SSSR count). The number of rotatable bonds is 4. The molecule has 2 heterocycles. The Bertz CT molecular complexity index is 890. The Morgan fingerprint density at radius 3 is 2.62 bits per heavy atom. The standard InChI is InChI=1S/C19H18F5N3O2/c1-29-15-6-5-11(9-13(15)20)12-7-8-27(17-4-2-3-16(21)26-17)10-14(12)25-18(28)19(22,23)24/h2-6,9,12,14H,7-8,10H2,1H3,(H,25,28). The summed E-state index contributed by atoms with van der Waals surface area (Å²) in [7, 11) is 1.30. The Morgan fingerprint density at radius 1 is 1.24 bits per heavy atom. The summed E-state index contributed by atoms with van der Waals surface area (Å²) in [6.45, 7) is 0.295. The van der Waals surface area contributed by atoms with E-state index in [4.69, 9.17) is 4.74 Å². The fourth-order valence-corrected chi connectivity index (χ4v) is 3.44. The van der Waals surface area contributed by atoms with Crippen LogP contribution in [0.25, 0.3) is 0 Å². The summed E-state index contributed by atoms with van der Waals surface area (Å²) < 4.78 is 70.8. The normalized spacial score (nSPS) is 19.7. The molecule has 1 aromatic heterocycles. The predicted molar refractivity (Wildman–Crippen MR) is 94.7 cm³/mol. The van der Waals surface area contributed by atoms with E-state index in [1.54, 1.807) is 11.0 Å². The zero-order valence-electron chi connectivity index (χ0n) is 15.3. The molecule has 0 radical (unpaired) electrons. The van der Waals surface area contributed by atoms with Gasteiger partial charge in [-0.2, -0.15) is 17.6 Å². The Hall–Kier alpha value is -2.91. The van der Waals surface area contributed by atoms with Gasteiger partial charge in [0.1, 0.15) is 5.82 Å². The van der Waals surface area contributed by atoms with Crippen molar-refractivity contribution < 1.29 is 31.5 Å². The quantitative estimate of drug-likeness (QED) is 0.614. The lowest BCUT2D eigenvalue weighted by Gasteiger charge is -2.40. The second kappa shape index (κ2) is 8.22. The minimum atomic E-state index is -5.06. The van der Waals surface area contributed by atoms with Gasteiger partial charge in [-0.15, -0.1) is 0 Å². The number of methoxy groups -OCH3 is 1. The third-order valence-corrected chi connectivity index (χ3v) is 4.82. The van der Waals surface area contributed by atoms with Crippen LogP contribution in [0.5, 0.6) is 5.75 Å². The average molecular weight is 415 g/mol. The first-order valence-electron chi connectivity index (χ1n) is 8.77. The number of hydrogen-bond acceptors (Lipinski definition) is 4. The van der Waals surface area contributed by atoms with Gasteiger partial charge in [-0.25, -0.2) is 9.37 Å². The van der Waals surface area contributed by atoms with Crippen molar-refractivity contribution >= 4 is 11.7 Å². The van der Waals surface area contributed by atoms with Crippen LogP contribution in [0.4, 0.5) is 27.8 Å². The van der Waals surface area contributed by atoms with E-state index in [0.29, 0.717) is 18.5 Å². The van der Waals surface area contributed by atoms with E-state index in [0.717, 1.165) is 6.07 Å². The molecule has 0 bridgehead atoms. The number of pyridine rings is 1. The van der Waals surface area contributed by atoms with Crippen LogP contribution in [0.1, 0.15) is 17.9 Å². The van der Waals surface area contributed by atoms with Crippen LogP contribution >= 0.6 is 0 Å². The number of hydrogen-bond donors (Lipinski definition) is 1. The van der Waals surface area contributed by atoms with Crippen molar-refractivity contribution in [1.29, 1.82) is 0 Å². The number of nitrogens with zero attached hydrogens (tertiary/aromatic N) is 2. The number of alkyl halides is 3. The van der Waals surface area contributed by atoms with Gasteiger partial charge < -0.3 is 15.0 Å². The first-order valence-corrected chi connectivity index (χ1v) is 8.77. The van der Waals surface area contributed by atoms with E-state index in [-0.39, 0.29) is 18.1 Å². The third-order valence-electron chi connectivity index (χ3n) is 4.82. The molecule has 2 aromatic rings. The van der Waals surface area contributed by atoms with Gasteiger partial charge in [0.2, 0.25) is 5.95 Å².